The van der Waals surface area contributed by atoms with E-state index in [2.05, 4.69) is 15.4 Å². The fourth-order valence-electron chi connectivity index (χ4n) is 2.70. The van der Waals surface area contributed by atoms with Crippen LogP contribution in [0.15, 0.2) is 47.4 Å². The molecule has 1 aromatic carbocycles. The second-order valence-electron chi connectivity index (χ2n) is 5.75. The van der Waals surface area contributed by atoms with E-state index in [1.54, 1.807) is 43.3 Å². The van der Waals surface area contributed by atoms with Gasteiger partial charge in [-0.25, -0.2) is 9.67 Å². The molecule has 0 spiro atoms. The predicted molar refractivity (Wildman–Crippen MR) is 107 cm³/mol. The zero-order valence-corrected chi connectivity index (χ0v) is 16.2. The SMILES string of the molecule is CCn1nc(-c2cccc(Cl)c2)c(C(C)=O)c(Nc2cccnc2Cl)c1=O. The number of halogens is 2. The normalized spacial score (nSPS) is 10.7. The van der Waals surface area contributed by atoms with Crippen molar-refractivity contribution in [3.63, 3.8) is 0 Å². The molecule has 3 aromatic rings. The molecule has 2 heterocycles. The number of nitrogens with zero attached hydrogens (tertiary/aromatic N) is 3. The molecule has 0 amide bonds. The van der Waals surface area contributed by atoms with Crippen molar-refractivity contribution in [2.45, 2.75) is 20.4 Å². The van der Waals surface area contributed by atoms with E-state index in [1.807, 2.05) is 0 Å². The van der Waals surface area contributed by atoms with Crippen molar-refractivity contribution < 1.29 is 4.79 Å². The van der Waals surface area contributed by atoms with Gasteiger partial charge in [-0.3, -0.25) is 9.59 Å². The summed E-state index contributed by atoms with van der Waals surface area (Å²) >= 11 is 12.2. The van der Waals surface area contributed by atoms with Gasteiger partial charge in [0.2, 0.25) is 0 Å². The van der Waals surface area contributed by atoms with Crippen molar-refractivity contribution >= 4 is 40.4 Å². The Balaban J connectivity index is 2.31. The number of ketones is 1. The Kier molecular flexibility index (Phi) is 5.58. The third-order valence-electron chi connectivity index (χ3n) is 3.92. The fraction of sp³-hybridized carbons (Fsp3) is 0.158. The number of carbonyl (C=O) groups is 1. The monoisotopic (exact) mass is 402 g/mol. The maximum atomic E-state index is 12.9. The minimum atomic E-state index is -0.423. The minimum Gasteiger partial charge on any atom is -0.348 e. The number of anilines is 2. The van der Waals surface area contributed by atoms with Crippen molar-refractivity contribution in [2.24, 2.45) is 0 Å². The van der Waals surface area contributed by atoms with Gasteiger partial charge in [0, 0.05) is 23.3 Å². The number of pyridine rings is 1. The molecular formula is C19H16Cl2N4O2. The van der Waals surface area contributed by atoms with Gasteiger partial charge in [0.1, 0.15) is 11.4 Å². The maximum absolute atomic E-state index is 12.9. The molecule has 0 atom stereocenters. The molecule has 0 unspecified atom stereocenters. The van der Waals surface area contributed by atoms with Crippen LogP contribution in [0, 0.1) is 0 Å². The minimum absolute atomic E-state index is 0.101. The van der Waals surface area contributed by atoms with E-state index in [4.69, 9.17) is 23.2 Å². The van der Waals surface area contributed by atoms with Crippen LogP contribution in [0.4, 0.5) is 11.4 Å². The van der Waals surface area contributed by atoms with Gasteiger partial charge in [-0.2, -0.15) is 5.10 Å². The van der Waals surface area contributed by atoms with Crippen molar-refractivity contribution in [1.82, 2.24) is 14.8 Å². The molecule has 6 nitrogen and oxygen atoms in total. The zero-order chi connectivity index (χ0) is 19.6. The van der Waals surface area contributed by atoms with Crippen LogP contribution in [-0.2, 0) is 6.54 Å². The van der Waals surface area contributed by atoms with Crippen LogP contribution >= 0.6 is 23.2 Å². The number of hydrogen-bond acceptors (Lipinski definition) is 5. The van der Waals surface area contributed by atoms with Gasteiger partial charge in [-0.05, 0) is 38.1 Å². The van der Waals surface area contributed by atoms with E-state index in [0.717, 1.165) is 0 Å². The number of benzene rings is 1. The molecule has 0 aliphatic carbocycles. The molecule has 27 heavy (non-hydrogen) atoms. The number of aryl methyl sites for hydroxylation is 1. The highest BCUT2D eigenvalue weighted by molar-refractivity contribution is 6.32. The molecule has 0 saturated heterocycles. The summed E-state index contributed by atoms with van der Waals surface area (Å²) in [4.78, 5) is 29.3. The van der Waals surface area contributed by atoms with Crippen molar-refractivity contribution in [3.8, 4) is 11.3 Å². The predicted octanol–water partition coefficient (Wildman–Crippen LogP) is 4.58. The first-order valence-corrected chi connectivity index (χ1v) is 8.97. The molecule has 0 aliphatic heterocycles. The second kappa shape index (κ2) is 7.90. The molecule has 3 rings (SSSR count). The number of nitrogens with one attached hydrogen (secondary N) is 1. The summed E-state index contributed by atoms with van der Waals surface area (Å²) in [6, 6.07) is 10.3. The van der Waals surface area contributed by atoms with Gasteiger partial charge in [0.25, 0.3) is 5.56 Å². The first kappa shape index (κ1) is 19.1. The summed E-state index contributed by atoms with van der Waals surface area (Å²) in [5, 5.41) is 8.05. The third kappa shape index (κ3) is 3.86. The molecule has 0 saturated carbocycles. The molecule has 0 bridgehead atoms. The summed E-state index contributed by atoms with van der Waals surface area (Å²) in [6.45, 7) is 3.52. The lowest BCUT2D eigenvalue weighted by Gasteiger charge is -2.16. The van der Waals surface area contributed by atoms with Gasteiger partial charge < -0.3 is 5.32 Å². The van der Waals surface area contributed by atoms with E-state index in [9.17, 15) is 9.59 Å². The Bertz CT molecular complexity index is 1080. The molecule has 0 fully saturated rings. The Morgan fingerprint density at radius 1 is 1.22 bits per heavy atom. The highest BCUT2D eigenvalue weighted by atomic mass is 35.5. The largest absolute Gasteiger partial charge is 0.348 e. The zero-order valence-electron chi connectivity index (χ0n) is 14.7. The Morgan fingerprint density at radius 3 is 2.63 bits per heavy atom. The average Bonchev–Trinajstić information content (AvgIpc) is 2.64. The summed E-state index contributed by atoms with van der Waals surface area (Å²) in [6.07, 6.45) is 1.54. The summed E-state index contributed by atoms with van der Waals surface area (Å²) < 4.78 is 1.29. The van der Waals surface area contributed by atoms with Crippen LogP contribution in [0.1, 0.15) is 24.2 Å². The number of Topliss-reactive ketones (excluding diaryl/α,β-unsaturated/α-hetero) is 1. The number of hydrogen-bond donors (Lipinski definition) is 1. The smallest absolute Gasteiger partial charge is 0.291 e. The lowest BCUT2D eigenvalue weighted by molar-refractivity contribution is 0.101. The third-order valence-corrected chi connectivity index (χ3v) is 4.46. The highest BCUT2D eigenvalue weighted by Crippen LogP contribution is 2.30. The molecule has 0 radical (unpaired) electrons. The molecular weight excluding hydrogens is 387 g/mol. The second-order valence-corrected chi connectivity index (χ2v) is 6.55. The molecule has 0 aliphatic rings. The van der Waals surface area contributed by atoms with Crippen molar-refractivity contribution in [3.05, 3.63) is 68.7 Å². The fourth-order valence-corrected chi connectivity index (χ4v) is 3.05. The lowest BCUT2D eigenvalue weighted by Crippen LogP contribution is -2.28. The van der Waals surface area contributed by atoms with E-state index >= 15 is 0 Å². The van der Waals surface area contributed by atoms with Gasteiger partial charge >= 0.3 is 0 Å². The standard InChI is InChI=1S/C19H16Cl2N4O2/c1-3-25-19(27)17(23-14-8-5-9-22-18(14)21)15(11(2)26)16(24-25)12-6-4-7-13(20)10-12/h4-10,23H,3H2,1-2H3. The summed E-state index contributed by atoms with van der Waals surface area (Å²) in [7, 11) is 0. The average molecular weight is 403 g/mol. The first-order chi connectivity index (χ1) is 12.9. The van der Waals surface area contributed by atoms with Crippen molar-refractivity contribution in [2.75, 3.05) is 5.32 Å². The maximum Gasteiger partial charge on any atom is 0.291 e. The summed E-state index contributed by atoms with van der Waals surface area (Å²) in [5.41, 5.74) is 1.28. The highest BCUT2D eigenvalue weighted by Gasteiger charge is 2.22. The van der Waals surface area contributed by atoms with E-state index in [-0.39, 0.29) is 22.2 Å². The van der Waals surface area contributed by atoms with Gasteiger partial charge in [0.05, 0.1) is 11.3 Å². The molecule has 2 aromatic heterocycles. The molecule has 1 N–H and O–H groups in total. The topological polar surface area (TPSA) is 76.9 Å². The van der Waals surface area contributed by atoms with Gasteiger partial charge in [-0.15, -0.1) is 0 Å². The van der Waals surface area contributed by atoms with Crippen molar-refractivity contribution in [1.29, 1.82) is 0 Å². The number of carbonyl (C=O) groups excluding carboxylic acids is 1. The van der Waals surface area contributed by atoms with Crippen LogP contribution in [0.25, 0.3) is 11.3 Å². The van der Waals surface area contributed by atoms with Crippen LogP contribution in [0.5, 0.6) is 0 Å². The Labute approximate surface area is 165 Å². The molecule has 138 valence electrons. The van der Waals surface area contributed by atoms with Crippen LogP contribution < -0.4 is 10.9 Å². The van der Waals surface area contributed by atoms with E-state index in [0.29, 0.717) is 28.5 Å². The quantitative estimate of drug-likeness (QED) is 0.499. The van der Waals surface area contributed by atoms with Crippen LogP contribution in [0.3, 0.4) is 0 Å². The lowest BCUT2D eigenvalue weighted by atomic mass is 10.0. The number of aromatic nitrogens is 3. The Hall–Kier alpha value is -2.70. The Morgan fingerprint density at radius 2 is 2.00 bits per heavy atom. The van der Waals surface area contributed by atoms with Gasteiger partial charge in [-0.1, -0.05) is 35.3 Å². The number of rotatable bonds is 5. The van der Waals surface area contributed by atoms with Crippen LogP contribution in [-0.4, -0.2) is 20.5 Å². The van der Waals surface area contributed by atoms with Crippen LogP contribution in [0.2, 0.25) is 10.2 Å². The van der Waals surface area contributed by atoms with Gasteiger partial charge in [0.15, 0.2) is 10.9 Å². The summed E-state index contributed by atoms with van der Waals surface area (Å²) in [5.74, 6) is -0.305. The van der Waals surface area contributed by atoms with E-state index in [1.165, 1.54) is 17.8 Å². The first-order valence-electron chi connectivity index (χ1n) is 8.22. The van der Waals surface area contributed by atoms with E-state index < -0.39 is 5.56 Å². The molecule has 8 heteroatoms.